The smallest absolute Gasteiger partial charge is 0.317 e. The van der Waals surface area contributed by atoms with E-state index in [0.29, 0.717) is 11.0 Å². The minimum Gasteiger partial charge on any atom is -0.317 e. The number of rotatable bonds is 0. The maximum absolute atomic E-state index is 11.3. The Hall–Kier alpha value is -1.78. The number of hydrogen-bond donors (Lipinski definition) is 2. The fraction of sp³-hybridized carbons (Fsp3) is 0.143. The van der Waals surface area contributed by atoms with Crippen LogP contribution >= 0.6 is 0 Å². The lowest BCUT2D eigenvalue weighted by Crippen LogP contribution is -2.15. The summed E-state index contributed by atoms with van der Waals surface area (Å²) in [6.07, 6.45) is 1.61. The summed E-state index contributed by atoms with van der Waals surface area (Å²) in [6.45, 7) is 0. The van der Waals surface area contributed by atoms with Crippen molar-refractivity contribution < 1.29 is 0 Å². The number of aromatic nitrogens is 3. The Morgan fingerprint density at radius 2 is 2.08 bits per heavy atom. The van der Waals surface area contributed by atoms with Crippen molar-refractivity contribution in [3.8, 4) is 0 Å². The summed E-state index contributed by atoms with van der Waals surface area (Å²) < 4.78 is 1.41. The zero-order valence-electron chi connectivity index (χ0n) is 6.42. The Balaban J connectivity index is 3.10. The topological polar surface area (TPSA) is 70.7 Å². The first-order chi connectivity index (χ1) is 5.68. The highest BCUT2D eigenvalue weighted by Crippen LogP contribution is 1.97. The molecule has 5 heteroatoms. The van der Waals surface area contributed by atoms with Gasteiger partial charge in [-0.05, 0) is 6.07 Å². The molecule has 0 spiro atoms. The molecular formula is C7H7N3O2. The van der Waals surface area contributed by atoms with E-state index >= 15 is 0 Å². The average molecular weight is 165 g/mol. The summed E-state index contributed by atoms with van der Waals surface area (Å²) in [7, 11) is 1.63. The standard InChI is InChI=1S/C7H7N3O2/c1-10-3-2-4-5(6(10)11)9-7(12)8-4/h2-3H,1H3,(H2,8,9,12). The maximum Gasteiger partial charge on any atom is 0.323 e. The van der Waals surface area contributed by atoms with Crippen LogP contribution in [-0.2, 0) is 7.05 Å². The molecule has 62 valence electrons. The molecule has 2 heterocycles. The lowest BCUT2D eigenvalue weighted by molar-refractivity contribution is 0.870. The van der Waals surface area contributed by atoms with E-state index in [-0.39, 0.29) is 11.2 Å². The highest BCUT2D eigenvalue weighted by atomic mass is 16.1. The fourth-order valence-corrected chi connectivity index (χ4v) is 1.12. The lowest BCUT2D eigenvalue weighted by Gasteiger charge is -1.93. The Morgan fingerprint density at radius 3 is 2.83 bits per heavy atom. The molecular weight excluding hydrogens is 158 g/mol. The molecule has 0 atom stereocenters. The van der Waals surface area contributed by atoms with Crippen molar-refractivity contribution >= 4 is 11.0 Å². The molecule has 2 rings (SSSR count). The van der Waals surface area contributed by atoms with Crippen molar-refractivity contribution in [2.75, 3.05) is 0 Å². The lowest BCUT2D eigenvalue weighted by atomic mass is 10.4. The predicted octanol–water partition coefficient (Wildman–Crippen LogP) is -0.445. The number of fused-ring (bicyclic) bond motifs is 1. The van der Waals surface area contributed by atoms with E-state index in [4.69, 9.17) is 0 Å². The van der Waals surface area contributed by atoms with Gasteiger partial charge in [-0.25, -0.2) is 4.79 Å². The highest BCUT2D eigenvalue weighted by molar-refractivity contribution is 5.72. The number of aryl methyl sites for hydroxylation is 1. The second-order valence-corrected chi connectivity index (χ2v) is 2.60. The second-order valence-electron chi connectivity index (χ2n) is 2.60. The number of nitrogens with one attached hydrogen (secondary N) is 2. The van der Waals surface area contributed by atoms with Crippen molar-refractivity contribution in [2.45, 2.75) is 0 Å². The van der Waals surface area contributed by atoms with Crippen LogP contribution in [-0.4, -0.2) is 14.5 Å². The Bertz CT molecular complexity index is 531. The van der Waals surface area contributed by atoms with Gasteiger partial charge >= 0.3 is 5.69 Å². The van der Waals surface area contributed by atoms with E-state index in [0.717, 1.165) is 0 Å². The van der Waals surface area contributed by atoms with E-state index in [1.165, 1.54) is 4.57 Å². The zero-order valence-corrected chi connectivity index (χ0v) is 6.42. The van der Waals surface area contributed by atoms with Crippen LogP contribution in [0.3, 0.4) is 0 Å². The van der Waals surface area contributed by atoms with E-state index in [9.17, 15) is 9.59 Å². The van der Waals surface area contributed by atoms with Gasteiger partial charge in [-0.2, -0.15) is 0 Å². The van der Waals surface area contributed by atoms with E-state index in [2.05, 4.69) is 9.97 Å². The third-order valence-electron chi connectivity index (χ3n) is 1.76. The molecule has 0 aliphatic rings. The molecule has 2 aromatic heterocycles. The zero-order chi connectivity index (χ0) is 8.72. The van der Waals surface area contributed by atoms with Crippen LogP contribution in [0.5, 0.6) is 0 Å². The van der Waals surface area contributed by atoms with Crippen LogP contribution in [0, 0.1) is 0 Å². The van der Waals surface area contributed by atoms with Gasteiger partial charge in [-0.3, -0.25) is 4.79 Å². The molecule has 0 saturated carbocycles. The minimum absolute atomic E-state index is 0.203. The van der Waals surface area contributed by atoms with Crippen molar-refractivity contribution in [2.24, 2.45) is 7.05 Å². The molecule has 0 radical (unpaired) electrons. The highest BCUT2D eigenvalue weighted by Gasteiger charge is 2.01. The first-order valence-corrected chi connectivity index (χ1v) is 3.46. The molecule has 0 aromatic carbocycles. The van der Waals surface area contributed by atoms with Crippen molar-refractivity contribution in [1.29, 1.82) is 0 Å². The first-order valence-electron chi connectivity index (χ1n) is 3.46. The second kappa shape index (κ2) is 2.10. The number of nitrogens with zero attached hydrogens (tertiary/aromatic N) is 1. The van der Waals surface area contributed by atoms with Crippen molar-refractivity contribution in [3.05, 3.63) is 33.1 Å². The summed E-state index contributed by atoms with van der Waals surface area (Å²) in [5, 5.41) is 0. The van der Waals surface area contributed by atoms with Crippen LogP contribution in [0.1, 0.15) is 0 Å². The van der Waals surface area contributed by atoms with Crippen LogP contribution in [0.2, 0.25) is 0 Å². The number of hydrogen-bond acceptors (Lipinski definition) is 2. The van der Waals surface area contributed by atoms with Gasteiger partial charge < -0.3 is 14.5 Å². The van der Waals surface area contributed by atoms with E-state index < -0.39 is 0 Å². The summed E-state index contributed by atoms with van der Waals surface area (Å²) >= 11 is 0. The first kappa shape index (κ1) is 6.90. The number of imidazole rings is 1. The van der Waals surface area contributed by atoms with Crippen molar-refractivity contribution in [1.82, 2.24) is 14.5 Å². The molecule has 0 fully saturated rings. The molecule has 0 aliphatic carbocycles. The quantitative estimate of drug-likeness (QED) is 0.555. The van der Waals surface area contributed by atoms with Crippen LogP contribution in [0.15, 0.2) is 21.9 Å². The van der Waals surface area contributed by atoms with Gasteiger partial charge in [0.1, 0.15) is 5.52 Å². The van der Waals surface area contributed by atoms with Gasteiger partial charge in [0.15, 0.2) is 0 Å². The Morgan fingerprint density at radius 1 is 1.33 bits per heavy atom. The minimum atomic E-state index is -0.353. The van der Waals surface area contributed by atoms with Crippen LogP contribution < -0.4 is 11.2 Å². The van der Waals surface area contributed by atoms with Gasteiger partial charge in [-0.1, -0.05) is 0 Å². The van der Waals surface area contributed by atoms with Crippen LogP contribution in [0.25, 0.3) is 11.0 Å². The fourth-order valence-electron chi connectivity index (χ4n) is 1.12. The molecule has 0 bridgehead atoms. The van der Waals surface area contributed by atoms with Gasteiger partial charge in [0.05, 0.1) is 5.52 Å². The van der Waals surface area contributed by atoms with E-state index in [1.807, 2.05) is 0 Å². The monoisotopic (exact) mass is 165 g/mol. The maximum atomic E-state index is 11.3. The van der Waals surface area contributed by atoms with Gasteiger partial charge in [0, 0.05) is 13.2 Å². The van der Waals surface area contributed by atoms with Gasteiger partial charge in [-0.15, -0.1) is 0 Å². The van der Waals surface area contributed by atoms with Crippen molar-refractivity contribution in [3.63, 3.8) is 0 Å². The molecule has 0 aliphatic heterocycles. The molecule has 2 aromatic rings. The number of pyridine rings is 1. The SMILES string of the molecule is Cn1ccc2[nH]c(=O)[nH]c2c1=O. The Labute approximate surface area is 66.7 Å². The summed E-state index contributed by atoms with van der Waals surface area (Å²) in [5.41, 5.74) is 0.312. The third-order valence-corrected chi connectivity index (χ3v) is 1.76. The van der Waals surface area contributed by atoms with Gasteiger partial charge in [0.25, 0.3) is 5.56 Å². The van der Waals surface area contributed by atoms with E-state index in [1.54, 1.807) is 19.3 Å². The van der Waals surface area contributed by atoms with Crippen LogP contribution in [0.4, 0.5) is 0 Å². The normalized spacial score (nSPS) is 10.8. The van der Waals surface area contributed by atoms with Gasteiger partial charge in [0.2, 0.25) is 0 Å². The summed E-state index contributed by atoms with van der Waals surface area (Å²) in [5.74, 6) is 0. The number of aromatic amines is 2. The molecule has 2 N–H and O–H groups in total. The Kier molecular flexibility index (Phi) is 1.21. The molecule has 0 unspecified atom stereocenters. The number of H-pyrrole nitrogens is 2. The summed E-state index contributed by atoms with van der Waals surface area (Å²) in [6, 6.07) is 1.68. The molecule has 12 heavy (non-hydrogen) atoms. The predicted molar refractivity (Wildman–Crippen MR) is 44.2 cm³/mol. The third kappa shape index (κ3) is 0.795. The molecule has 5 nitrogen and oxygen atoms in total. The largest absolute Gasteiger partial charge is 0.323 e. The average Bonchev–Trinajstić information content (AvgIpc) is 2.39. The molecule has 0 amide bonds. The summed E-state index contributed by atoms with van der Waals surface area (Å²) in [4.78, 5) is 27.0. The molecule has 0 saturated heterocycles.